The van der Waals surface area contributed by atoms with Gasteiger partial charge in [0.1, 0.15) is 18.5 Å². The van der Waals surface area contributed by atoms with Gasteiger partial charge in [0, 0.05) is 25.5 Å². The number of rotatable bonds is 2. The lowest BCUT2D eigenvalue weighted by atomic mass is 10.1. The van der Waals surface area contributed by atoms with E-state index < -0.39 is 12.2 Å². The largest absolute Gasteiger partial charge is 0.491 e. The van der Waals surface area contributed by atoms with Crippen molar-refractivity contribution in [2.45, 2.75) is 44.3 Å². The first-order chi connectivity index (χ1) is 13.6. The number of pyridine rings is 1. The van der Waals surface area contributed by atoms with E-state index in [0.29, 0.717) is 25.9 Å². The third kappa shape index (κ3) is 5.78. The van der Waals surface area contributed by atoms with Crippen molar-refractivity contribution < 1.29 is 19.7 Å². The Balaban J connectivity index is 1.68. The fraction of sp³-hybridized carbons (Fsp3) is 0.455. The van der Waals surface area contributed by atoms with Gasteiger partial charge in [-0.1, -0.05) is 24.3 Å². The molecule has 0 radical (unpaired) electrons. The third-order valence-corrected chi connectivity index (χ3v) is 5.08. The second-order valence-electron chi connectivity index (χ2n) is 7.22. The number of hydrogen-bond acceptors (Lipinski definition) is 5. The van der Waals surface area contributed by atoms with E-state index in [1.807, 2.05) is 36.4 Å². The maximum Gasteiger partial charge on any atom is 0.227 e. The molecule has 0 saturated heterocycles. The molecular weight excluding hydrogens is 356 g/mol. The standard InChI is InChI=1S/C22H28N2O4/c25-19-10-13-24(22(27)14-17-6-5-11-23-15-17)12-4-3-8-18-7-1-2-9-21(18)28-16-20(19)26/h1-2,5-7,9,11,15,19-20,25-26H,3-4,8,10,12-14,16H2/t19-,20+/m0/s1. The van der Waals surface area contributed by atoms with Gasteiger partial charge in [0.2, 0.25) is 5.91 Å². The molecule has 0 fully saturated rings. The molecule has 2 heterocycles. The van der Waals surface area contributed by atoms with Crippen molar-refractivity contribution in [3.63, 3.8) is 0 Å². The van der Waals surface area contributed by atoms with Gasteiger partial charge in [-0.05, 0) is 48.9 Å². The van der Waals surface area contributed by atoms with Gasteiger partial charge in [0.25, 0.3) is 0 Å². The van der Waals surface area contributed by atoms with E-state index in [9.17, 15) is 15.0 Å². The van der Waals surface area contributed by atoms with Gasteiger partial charge in [-0.25, -0.2) is 0 Å². The highest BCUT2D eigenvalue weighted by Gasteiger charge is 2.21. The molecule has 1 aliphatic rings. The fourth-order valence-electron chi connectivity index (χ4n) is 3.39. The molecule has 28 heavy (non-hydrogen) atoms. The number of ether oxygens (including phenoxy) is 1. The van der Waals surface area contributed by atoms with E-state index in [-0.39, 0.29) is 12.5 Å². The minimum absolute atomic E-state index is 0.0150. The maximum absolute atomic E-state index is 12.8. The lowest BCUT2D eigenvalue weighted by Gasteiger charge is -2.25. The summed E-state index contributed by atoms with van der Waals surface area (Å²) in [6.07, 6.45) is 4.69. The highest BCUT2D eigenvalue weighted by molar-refractivity contribution is 5.78. The first-order valence-electron chi connectivity index (χ1n) is 9.87. The van der Waals surface area contributed by atoms with Crippen LogP contribution in [0.15, 0.2) is 48.8 Å². The van der Waals surface area contributed by atoms with Crippen molar-refractivity contribution in [2.75, 3.05) is 19.7 Å². The molecule has 6 nitrogen and oxygen atoms in total. The molecule has 1 aliphatic heterocycles. The molecular formula is C22H28N2O4. The number of fused-ring (bicyclic) bond motifs is 1. The first kappa shape index (κ1) is 20.3. The van der Waals surface area contributed by atoms with Gasteiger partial charge in [-0.2, -0.15) is 0 Å². The molecule has 0 spiro atoms. The molecule has 2 aromatic rings. The monoisotopic (exact) mass is 384 g/mol. The number of para-hydroxylation sites is 1. The number of carbonyl (C=O) groups excluding carboxylic acids is 1. The van der Waals surface area contributed by atoms with Crippen molar-refractivity contribution in [3.05, 3.63) is 59.9 Å². The predicted molar refractivity (Wildman–Crippen MR) is 106 cm³/mol. The van der Waals surface area contributed by atoms with Crippen LogP contribution in [0.4, 0.5) is 0 Å². The molecule has 6 heteroatoms. The number of benzene rings is 1. The predicted octanol–water partition coefficient (Wildman–Crippen LogP) is 1.98. The topological polar surface area (TPSA) is 82.9 Å². The Hall–Kier alpha value is -2.44. The highest BCUT2D eigenvalue weighted by atomic mass is 16.5. The van der Waals surface area contributed by atoms with Crippen LogP contribution in [0.25, 0.3) is 0 Å². The lowest BCUT2D eigenvalue weighted by molar-refractivity contribution is -0.131. The van der Waals surface area contributed by atoms with Crippen LogP contribution in [0.5, 0.6) is 5.75 Å². The zero-order chi connectivity index (χ0) is 19.8. The van der Waals surface area contributed by atoms with Gasteiger partial charge in [-0.15, -0.1) is 0 Å². The van der Waals surface area contributed by atoms with Crippen molar-refractivity contribution in [1.82, 2.24) is 9.88 Å². The molecule has 150 valence electrons. The smallest absolute Gasteiger partial charge is 0.227 e. The van der Waals surface area contributed by atoms with Crippen LogP contribution in [0.2, 0.25) is 0 Å². The average Bonchev–Trinajstić information content (AvgIpc) is 2.73. The summed E-state index contributed by atoms with van der Waals surface area (Å²) in [6.45, 7) is 1.07. The molecule has 3 rings (SSSR count). The van der Waals surface area contributed by atoms with Crippen LogP contribution in [0.3, 0.4) is 0 Å². The number of aliphatic hydroxyl groups excluding tert-OH is 2. The van der Waals surface area contributed by atoms with E-state index in [2.05, 4.69) is 4.98 Å². The summed E-state index contributed by atoms with van der Waals surface area (Å²) in [6, 6.07) is 11.5. The van der Waals surface area contributed by atoms with Gasteiger partial charge in [-0.3, -0.25) is 9.78 Å². The normalized spacial score (nSPS) is 21.4. The minimum atomic E-state index is -0.996. The molecule has 2 atom stereocenters. The Labute approximate surface area is 165 Å². The number of nitrogens with zero attached hydrogens (tertiary/aromatic N) is 2. The molecule has 0 unspecified atom stereocenters. The van der Waals surface area contributed by atoms with Crippen LogP contribution in [-0.2, 0) is 17.6 Å². The van der Waals surface area contributed by atoms with Gasteiger partial charge in [0.05, 0.1) is 12.5 Å². The van der Waals surface area contributed by atoms with Crippen molar-refractivity contribution >= 4 is 5.91 Å². The molecule has 0 aliphatic carbocycles. The Bertz CT molecular complexity index is 753. The highest BCUT2D eigenvalue weighted by Crippen LogP contribution is 2.21. The maximum atomic E-state index is 12.8. The fourth-order valence-corrected chi connectivity index (χ4v) is 3.39. The number of hydrogen-bond donors (Lipinski definition) is 2. The Morgan fingerprint density at radius 1 is 1.11 bits per heavy atom. The van der Waals surface area contributed by atoms with Crippen LogP contribution in [0, 0.1) is 0 Å². The van der Waals surface area contributed by atoms with Crippen LogP contribution in [0.1, 0.15) is 30.4 Å². The SMILES string of the molecule is O=C(Cc1cccnc1)N1CCCCc2ccccc2OC[C@@H](O)[C@@H](O)CC1. The number of aliphatic hydroxyl groups is 2. The Morgan fingerprint density at radius 3 is 2.79 bits per heavy atom. The summed E-state index contributed by atoms with van der Waals surface area (Å²) in [7, 11) is 0. The molecule has 2 N–H and O–H groups in total. The molecule has 0 saturated carbocycles. The van der Waals surface area contributed by atoms with Crippen molar-refractivity contribution in [2.24, 2.45) is 0 Å². The van der Waals surface area contributed by atoms with Crippen LogP contribution < -0.4 is 4.74 Å². The second kappa shape index (κ2) is 10.2. The number of carbonyl (C=O) groups is 1. The average molecular weight is 384 g/mol. The molecule has 1 amide bonds. The zero-order valence-electron chi connectivity index (χ0n) is 16.0. The van der Waals surface area contributed by atoms with Gasteiger partial charge in [0.15, 0.2) is 0 Å². The lowest BCUT2D eigenvalue weighted by Crippen LogP contribution is -2.39. The summed E-state index contributed by atoms with van der Waals surface area (Å²) in [5, 5.41) is 20.5. The zero-order valence-corrected chi connectivity index (χ0v) is 16.0. The van der Waals surface area contributed by atoms with Gasteiger partial charge < -0.3 is 19.8 Å². The number of aromatic nitrogens is 1. The first-order valence-corrected chi connectivity index (χ1v) is 9.87. The van der Waals surface area contributed by atoms with Gasteiger partial charge >= 0.3 is 0 Å². The van der Waals surface area contributed by atoms with E-state index in [1.165, 1.54) is 0 Å². The van der Waals surface area contributed by atoms with Crippen LogP contribution >= 0.6 is 0 Å². The van der Waals surface area contributed by atoms with Crippen molar-refractivity contribution in [1.29, 1.82) is 0 Å². The summed E-state index contributed by atoms with van der Waals surface area (Å²) < 4.78 is 5.74. The van der Waals surface area contributed by atoms with Crippen molar-refractivity contribution in [3.8, 4) is 5.75 Å². The molecule has 1 aromatic heterocycles. The van der Waals surface area contributed by atoms with E-state index in [0.717, 1.165) is 36.1 Å². The summed E-state index contributed by atoms with van der Waals surface area (Å²) in [5.41, 5.74) is 1.95. The summed E-state index contributed by atoms with van der Waals surface area (Å²) >= 11 is 0. The molecule has 1 aromatic carbocycles. The van der Waals surface area contributed by atoms with Crippen LogP contribution in [-0.4, -0.2) is 57.9 Å². The third-order valence-electron chi connectivity index (χ3n) is 5.08. The quantitative estimate of drug-likeness (QED) is 0.827. The second-order valence-corrected chi connectivity index (χ2v) is 7.22. The Kier molecular flexibility index (Phi) is 7.39. The summed E-state index contributed by atoms with van der Waals surface area (Å²) in [4.78, 5) is 18.6. The minimum Gasteiger partial charge on any atom is -0.491 e. The van der Waals surface area contributed by atoms with E-state index in [4.69, 9.17) is 4.74 Å². The summed E-state index contributed by atoms with van der Waals surface area (Å²) in [5.74, 6) is 0.763. The number of amides is 1. The molecule has 0 bridgehead atoms. The number of aryl methyl sites for hydroxylation is 1. The Morgan fingerprint density at radius 2 is 1.96 bits per heavy atom. The van der Waals surface area contributed by atoms with E-state index >= 15 is 0 Å². The van der Waals surface area contributed by atoms with E-state index in [1.54, 1.807) is 17.3 Å².